The number of fused-ring (bicyclic) bond motifs is 2. The highest BCUT2D eigenvalue weighted by Crippen LogP contribution is 2.53. The van der Waals surface area contributed by atoms with Gasteiger partial charge in [0.1, 0.15) is 17.4 Å². The van der Waals surface area contributed by atoms with Gasteiger partial charge in [-0.3, -0.25) is 9.48 Å². The van der Waals surface area contributed by atoms with E-state index in [1.807, 2.05) is 0 Å². The second-order valence-corrected chi connectivity index (χ2v) is 9.37. The molecule has 0 bridgehead atoms. The average molecular weight is 481 g/mol. The van der Waals surface area contributed by atoms with Crippen molar-refractivity contribution in [1.82, 2.24) is 19.9 Å². The van der Waals surface area contributed by atoms with Crippen molar-refractivity contribution in [3.8, 4) is 0 Å². The van der Waals surface area contributed by atoms with Gasteiger partial charge < -0.3 is 14.7 Å². The summed E-state index contributed by atoms with van der Waals surface area (Å²) in [6, 6.07) is 0.861. The lowest BCUT2D eigenvalue weighted by molar-refractivity contribution is -0.198. The Labute approximate surface area is 170 Å². The number of ether oxygens (including phenoxy) is 1. The largest absolute Gasteiger partial charge is 0.471 e. The van der Waals surface area contributed by atoms with Crippen LogP contribution in [0.25, 0.3) is 0 Å². The molecule has 152 valence electrons. The van der Waals surface area contributed by atoms with Gasteiger partial charge in [-0.15, -0.1) is 16.4 Å². The summed E-state index contributed by atoms with van der Waals surface area (Å²) in [7, 11) is 1.60. The zero-order valence-electron chi connectivity index (χ0n) is 14.6. The summed E-state index contributed by atoms with van der Waals surface area (Å²) in [5.74, 6) is -1.90. The predicted molar refractivity (Wildman–Crippen MR) is 95.4 cm³/mol. The van der Waals surface area contributed by atoms with E-state index in [0.717, 1.165) is 13.6 Å². The molecule has 0 aliphatic carbocycles. The van der Waals surface area contributed by atoms with E-state index in [2.05, 4.69) is 26.2 Å². The molecule has 2 aliphatic heterocycles. The number of thiophene rings is 1. The standard InChI is InChI=1S/C16H16BrF3N4O3S/c1-23-6-9(21-22-23)10-5-15(2-3-24(10)14(26)16(18,19)20)13-8(4-12(17)28-13)11(25)7-27-15/h4,6,10-11,25H,2-3,5,7H2,1H3. The number of hydrogen-bond donors (Lipinski definition) is 1. The number of likely N-dealkylation sites (tertiary alicyclic amines) is 1. The van der Waals surface area contributed by atoms with Crippen molar-refractivity contribution in [1.29, 1.82) is 0 Å². The Morgan fingerprint density at radius 3 is 2.89 bits per heavy atom. The van der Waals surface area contributed by atoms with E-state index in [-0.39, 0.29) is 31.7 Å². The van der Waals surface area contributed by atoms with Gasteiger partial charge in [-0.1, -0.05) is 5.21 Å². The lowest BCUT2D eigenvalue weighted by atomic mass is 9.80. The fourth-order valence-electron chi connectivity index (χ4n) is 3.88. The number of aryl methyl sites for hydroxylation is 1. The van der Waals surface area contributed by atoms with Gasteiger partial charge in [-0.2, -0.15) is 13.2 Å². The molecule has 4 heterocycles. The number of piperidine rings is 1. The minimum absolute atomic E-state index is 0.0383. The van der Waals surface area contributed by atoms with E-state index in [4.69, 9.17) is 4.74 Å². The number of aromatic nitrogens is 3. The highest BCUT2D eigenvalue weighted by Gasteiger charge is 2.53. The second-order valence-electron chi connectivity index (χ2n) is 6.94. The van der Waals surface area contributed by atoms with Gasteiger partial charge in [-0.25, -0.2) is 0 Å². The maximum atomic E-state index is 13.2. The number of alkyl halides is 3. The van der Waals surface area contributed by atoms with Crippen LogP contribution in [0.1, 0.15) is 41.1 Å². The van der Waals surface area contributed by atoms with Crippen molar-refractivity contribution in [3.05, 3.63) is 32.2 Å². The van der Waals surface area contributed by atoms with E-state index in [0.29, 0.717) is 5.56 Å². The van der Waals surface area contributed by atoms with Crippen LogP contribution in [0.5, 0.6) is 0 Å². The lowest BCUT2D eigenvalue weighted by Crippen LogP contribution is -2.53. The molecule has 1 fully saturated rings. The van der Waals surface area contributed by atoms with Crippen LogP contribution in [0.2, 0.25) is 0 Å². The molecular weight excluding hydrogens is 465 g/mol. The fourth-order valence-corrected chi connectivity index (χ4v) is 5.73. The maximum absolute atomic E-state index is 13.2. The second kappa shape index (κ2) is 6.78. The number of halogens is 4. The summed E-state index contributed by atoms with van der Waals surface area (Å²) < 4.78 is 47.6. The summed E-state index contributed by atoms with van der Waals surface area (Å²) >= 11 is 4.79. The van der Waals surface area contributed by atoms with E-state index in [1.54, 1.807) is 13.1 Å². The minimum atomic E-state index is -4.98. The predicted octanol–water partition coefficient (Wildman–Crippen LogP) is 2.82. The molecule has 1 saturated heterocycles. The summed E-state index contributed by atoms with van der Waals surface area (Å²) in [4.78, 5) is 13.6. The minimum Gasteiger partial charge on any atom is -0.386 e. The van der Waals surface area contributed by atoms with Crippen LogP contribution < -0.4 is 0 Å². The van der Waals surface area contributed by atoms with Gasteiger partial charge in [0.25, 0.3) is 0 Å². The average Bonchev–Trinajstić information content (AvgIpc) is 3.24. The quantitative estimate of drug-likeness (QED) is 0.678. The first-order valence-corrected chi connectivity index (χ1v) is 10.1. The van der Waals surface area contributed by atoms with Crippen molar-refractivity contribution in [2.24, 2.45) is 7.05 Å². The molecule has 3 unspecified atom stereocenters. The smallest absolute Gasteiger partial charge is 0.386 e. The van der Waals surface area contributed by atoms with Crippen LogP contribution in [0.3, 0.4) is 0 Å². The Balaban J connectivity index is 1.75. The first-order chi connectivity index (χ1) is 13.1. The molecule has 12 heteroatoms. The zero-order chi connectivity index (χ0) is 20.3. The van der Waals surface area contributed by atoms with Crippen LogP contribution in [-0.2, 0) is 22.2 Å². The van der Waals surface area contributed by atoms with Crippen molar-refractivity contribution in [2.45, 2.75) is 36.8 Å². The van der Waals surface area contributed by atoms with Crippen molar-refractivity contribution in [2.75, 3.05) is 13.2 Å². The molecule has 3 atom stereocenters. The molecule has 28 heavy (non-hydrogen) atoms. The molecule has 7 nitrogen and oxygen atoms in total. The number of carbonyl (C=O) groups is 1. The first kappa shape index (κ1) is 19.8. The molecule has 1 spiro atoms. The molecule has 0 aromatic carbocycles. The Morgan fingerprint density at radius 2 is 2.25 bits per heavy atom. The topological polar surface area (TPSA) is 80.5 Å². The lowest BCUT2D eigenvalue weighted by Gasteiger charge is -2.48. The van der Waals surface area contributed by atoms with Crippen molar-refractivity contribution in [3.63, 3.8) is 0 Å². The van der Waals surface area contributed by atoms with Gasteiger partial charge in [0.15, 0.2) is 0 Å². The monoisotopic (exact) mass is 480 g/mol. The van der Waals surface area contributed by atoms with E-state index in [1.165, 1.54) is 22.2 Å². The van der Waals surface area contributed by atoms with Crippen LogP contribution in [0.4, 0.5) is 13.2 Å². The van der Waals surface area contributed by atoms with Gasteiger partial charge in [-0.05, 0) is 28.4 Å². The highest BCUT2D eigenvalue weighted by molar-refractivity contribution is 9.11. The first-order valence-electron chi connectivity index (χ1n) is 8.46. The normalized spacial score (nSPS) is 27.9. The number of nitrogens with zero attached hydrogens (tertiary/aromatic N) is 4. The third kappa shape index (κ3) is 3.25. The molecule has 2 aliphatic rings. The number of aliphatic hydroxyl groups is 1. The number of rotatable bonds is 1. The number of aliphatic hydroxyl groups excluding tert-OH is 1. The molecule has 1 amide bonds. The molecule has 0 saturated carbocycles. The summed E-state index contributed by atoms with van der Waals surface area (Å²) in [5, 5.41) is 18.0. The molecule has 1 N–H and O–H groups in total. The Kier molecular flexibility index (Phi) is 4.80. The highest BCUT2D eigenvalue weighted by atomic mass is 79.9. The number of carbonyl (C=O) groups excluding carboxylic acids is 1. The Hall–Kier alpha value is -1.50. The van der Waals surface area contributed by atoms with Gasteiger partial charge in [0.2, 0.25) is 0 Å². The van der Waals surface area contributed by atoms with Crippen molar-refractivity contribution < 1.29 is 27.8 Å². The van der Waals surface area contributed by atoms with E-state index in [9.17, 15) is 23.1 Å². The van der Waals surface area contributed by atoms with Gasteiger partial charge >= 0.3 is 12.1 Å². The van der Waals surface area contributed by atoms with Gasteiger partial charge in [0.05, 0.1) is 22.6 Å². The van der Waals surface area contributed by atoms with E-state index < -0.39 is 29.8 Å². The van der Waals surface area contributed by atoms with Crippen LogP contribution in [0, 0.1) is 0 Å². The molecule has 2 aromatic heterocycles. The third-order valence-electron chi connectivity index (χ3n) is 5.14. The summed E-state index contributed by atoms with van der Waals surface area (Å²) in [6.07, 6.45) is -3.99. The van der Waals surface area contributed by atoms with Crippen LogP contribution >= 0.6 is 27.3 Å². The zero-order valence-corrected chi connectivity index (χ0v) is 17.0. The van der Waals surface area contributed by atoms with Crippen LogP contribution in [0.15, 0.2) is 16.0 Å². The Morgan fingerprint density at radius 1 is 1.50 bits per heavy atom. The molecular formula is C16H16BrF3N4O3S. The molecule has 4 rings (SSSR count). The molecule has 0 radical (unpaired) electrons. The number of amides is 1. The number of hydrogen-bond acceptors (Lipinski definition) is 6. The van der Waals surface area contributed by atoms with E-state index >= 15 is 0 Å². The third-order valence-corrected chi connectivity index (χ3v) is 6.98. The van der Waals surface area contributed by atoms with Gasteiger partial charge in [0, 0.05) is 30.5 Å². The summed E-state index contributed by atoms with van der Waals surface area (Å²) in [5.41, 5.74) is 0.0817. The Bertz CT molecular complexity index is 917. The maximum Gasteiger partial charge on any atom is 0.471 e. The SMILES string of the molecule is Cn1cc(C2CC3(CCN2C(=O)C(F)(F)F)OCC(O)c2cc(Br)sc23)nn1. The summed E-state index contributed by atoms with van der Waals surface area (Å²) in [6.45, 7) is -0.110. The fraction of sp³-hybridized carbons (Fsp3) is 0.562. The van der Waals surface area contributed by atoms with Crippen LogP contribution in [-0.4, -0.2) is 50.2 Å². The molecule has 2 aromatic rings. The van der Waals surface area contributed by atoms with Crippen molar-refractivity contribution >= 4 is 33.2 Å².